The number of benzene rings is 1. The van der Waals surface area contributed by atoms with Gasteiger partial charge in [-0.25, -0.2) is 18.0 Å². The summed E-state index contributed by atoms with van der Waals surface area (Å²) in [7, 11) is 0. The summed E-state index contributed by atoms with van der Waals surface area (Å²) in [5.74, 6) is -4.29. The van der Waals surface area contributed by atoms with Gasteiger partial charge in [-0.15, -0.1) is 0 Å². The molecule has 0 radical (unpaired) electrons. The smallest absolute Gasteiger partial charge is 0.319 e. The fourth-order valence-electron chi connectivity index (χ4n) is 1.37. The molecule has 0 aliphatic heterocycles. The second kappa shape index (κ2) is 6.88. The number of urea groups is 1. The number of rotatable bonds is 5. The van der Waals surface area contributed by atoms with Crippen LogP contribution < -0.4 is 10.6 Å². The first-order valence-corrected chi connectivity index (χ1v) is 5.74. The standard InChI is InChI=1S/C12H15F3N2O/c1-2-3-4-7-16-12(18)17-9-6-5-8(13)10(14)11(9)15/h5-6H,2-4,7H2,1H3,(H2,16,17,18). The van der Waals surface area contributed by atoms with Gasteiger partial charge in [0.25, 0.3) is 0 Å². The highest BCUT2D eigenvalue weighted by Crippen LogP contribution is 2.19. The van der Waals surface area contributed by atoms with E-state index in [9.17, 15) is 18.0 Å². The molecule has 2 N–H and O–H groups in total. The predicted octanol–water partition coefficient (Wildman–Crippen LogP) is 3.42. The number of hydrogen-bond donors (Lipinski definition) is 2. The van der Waals surface area contributed by atoms with Crippen molar-refractivity contribution in [3.8, 4) is 0 Å². The highest BCUT2D eigenvalue weighted by Gasteiger charge is 2.14. The van der Waals surface area contributed by atoms with E-state index in [1.807, 2.05) is 6.92 Å². The van der Waals surface area contributed by atoms with Gasteiger partial charge in [0.15, 0.2) is 17.5 Å². The molecule has 1 rings (SSSR count). The highest BCUT2D eigenvalue weighted by molar-refractivity contribution is 5.89. The summed E-state index contributed by atoms with van der Waals surface area (Å²) in [6.45, 7) is 2.47. The first-order valence-electron chi connectivity index (χ1n) is 5.74. The molecule has 1 aromatic rings. The number of carbonyl (C=O) groups excluding carboxylic acids is 1. The molecule has 18 heavy (non-hydrogen) atoms. The Morgan fingerprint density at radius 2 is 1.89 bits per heavy atom. The minimum Gasteiger partial charge on any atom is -0.338 e. The number of amides is 2. The Hall–Kier alpha value is -1.72. The van der Waals surface area contributed by atoms with E-state index in [1.165, 1.54) is 0 Å². The first kappa shape index (κ1) is 14.3. The van der Waals surface area contributed by atoms with E-state index in [4.69, 9.17) is 0 Å². The number of unbranched alkanes of at least 4 members (excludes halogenated alkanes) is 2. The van der Waals surface area contributed by atoms with Crippen LogP contribution >= 0.6 is 0 Å². The minimum atomic E-state index is -1.60. The Bertz CT molecular complexity index is 424. The van der Waals surface area contributed by atoms with Gasteiger partial charge in [0, 0.05) is 6.54 Å². The maximum Gasteiger partial charge on any atom is 0.319 e. The van der Waals surface area contributed by atoms with E-state index in [2.05, 4.69) is 10.6 Å². The average Bonchev–Trinajstić information content (AvgIpc) is 2.35. The van der Waals surface area contributed by atoms with Crippen molar-refractivity contribution in [3.63, 3.8) is 0 Å². The third kappa shape index (κ3) is 3.94. The lowest BCUT2D eigenvalue weighted by Crippen LogP contribution is -2.30. The molecular formula is C12H15F3N2O. The number of hydrogen-bond acceptors (Lipinski definition) is 1. The van der Waals surface area contributed by atoms with Gasteiger partial charge in [-0.05, 0) is 18.6 Å². The maximum atomic E-state index is 13.2. The van der Waals surface area contributed by atoms with Crippen molar-refractivity contribution in [2.24, 2.45) is 0 Å². The summed E-state index contributed by atoms with van der Waals surface area (Å²) in [5, 5.41) is 4.62. The summed E-state index contributed by atoms with van der Waals surface area (Å²) in [6, 6.07) is 1.08. The Kier molecular flexibility index (Phi) is 5.48. The third-order valence-corrected chi connectivity index (χ3v) is 2.35. The van der Waals surface area contributed by atoms with Crippen molar-refractivity contribution in [1.82, 2.24) is 5.32 Å². The molecule has 0 bridgehead atoms. The van der Waals surface area contributed by atoms with E-state index in [1.54, 1.807) is 0 Å². The van der Waals surface area contributed by atoms with E-state index < -0.39 is 23.5 Å². The topological polar surface area (TPSA) is 41.1 Å². The zero-order chi connectivity index (χ0) is 13.5. The number of carbonyl (C=O) groups is 1. The molecular weight excluding hydrogens is 245 g/mol. The molecule has 0 spiro atoms. The van der Waals surface area contributed by atoms with Crippen LogP contribution in [0.5, 0.6) is 0 Å². The monoisotopic (exact) mass is 260 g/mol. The molecule has 0 aliphatic rings. The molecule has 0 saturated carbocycles. The second-order valence-corrected chi connectivity index (χ2v) is 3.81. The summed E-state index contributed by atoms with van der Waals surface area (Å²) < 4.78 is 38.7. The van der Waals surface area contributed by atoms with Gasteiger partial charge >= 0.3 is 6.03 Å². The van der Waals surface area contributed by atoms with Gasteiger partial charge in [0.05, 0.1) is 5.69 Å². The van der Waals surface area contributed by atoms with E-state index >= 15 is 0 Å². The Morgan fingerprint density at radius 3 is 2.56 bits per heavy atom. The van der Waals surface area contributed by atoms with Gasteiger partial charge in [-0.3, -0.25) is 0 Å². The Morgan fingerprint density at radius 1 is 1.17 bits per heavy atom. The molecule has 3 nitrogen and oxygen atoms in total. The second-order valence-electron chi connectivity index (χ2n) is 3.81. The van der Waals surface area contributed by atoms with Crippen LogP contribution in [0.3, 0.4) is 0 Å². The lowest BCUT2D eigenvalue weighted by molar-refractivity contribution is 0.251. The lowest BCUT2D eigenvalue weighted by Gasteiger charge is -2.08. The van der Waals surface area contributed by atoms with Crippen LogP contribution in [-0.2, 0) is 0 Å². The summed E-state index contributed by atoms with van der Waals surface area (Å²) in [5.41, 5.74) is -0.387. The minimum absolute atomic E-state index is 0.387. The van der Waals surface area contributed by atoms with Gasteiger partial charge in [-0.2, -0.15) is 0 Å². The molecule has 0 fully saturated rings. The fourth-order valence-corrected chi connectivity index (χ4v) is 1.37. The van der Waals surface area contributed by atoms with E-state index in [0.717, 1.165) is 31.4 Å². The Balaban J connectivity index is 2.52. The molecule has 0 atom stereocenters. The molecule has 100 valence electrons. The highest BCUT2D eigenvalue weighted by atomic mass is 19.2. The van der Waals surface area contributed by atoms with Crippen LogP contribution in [0.1, 0.15) is 26.2 Å². The summed E-state index contributed by atoms with van der Waals surface area (Å²) >= 11 is 0. The Labute approximate surface area is 103 Å². The largest absolute Gasteiger partial charge is 0.338 e. The van der Waals surface area contributed by atoms with Gasteiger partial charge in [-0.1, -0.05) is 19.8 Å². The summed E-state index contributed by atoms with van der Waals surface area (Å²) in [4.78, 5) is 11.3. The normalized spacial score (nSPS) is 10.2. The van der Waals surface area contributed by atoms with E-state index in [-0.39, 0.29) is 5.69 Å². The molecule has 2 amide bonds. The van der Waals surface area contributed by atoms with Crippen LogP contribution in [0, 0.1) is 17.5 Å². The van der Waals surface area contributed by atoms with Gasteiger partial charge in [0.1, 0.15) is 0 Å². The number of anilines is 1. The SMILES string of the molecule is CCCCCNC(=O)Nc1ccc(F)c(F)c1F. The van der Waals surface area contributed by atoms with E-state index in [0.29, 0.717) is 6.54 Å². The molecule has 0 aliphatic carbocycles. The lowest BCUT2D eigenvalue weighted by atomic mass is 10.2. The molecule has 0 heterocycles. The van der Waals surface area contributed by atoms with Crippen molar-refractivity contribution in [2.45, 2.75) is 26.2 Å². The van der Waals surface area contributed by atoms with Crippen molar-refractivity contribution < 1.29 is 18.0 Å². The third-order valence-electron chi connectivity index (χ3n) is 2.35. The zero-order valence-electron chi connectivity index (χ0n) is 10.0. The fraction of sp³-hybridized carbons (Fsp3) is 0.417. The maximum absolute atomic E-state index is 13.2. The number of halogens is 3. The van der Waals surface area contributed by atoms with Crippen molar-refractivity contribution in [1.29, 1.82) is 0 Å². The van der Waals surface area contributed by atoms with Crippen molar-refractivity contribution >= 4 is 11.7 Å². The molecule has 6 heteroatoms. The molecule has 1 aromatic carbocycles. The molecule has 0 saturated heterocycles. The van der Waals surface area contributed by atoms with Crippen LogP contribution in [-0.4, -0.2) is 12.6 Å². The van der Waals surface area contributed by atoms with Crippen molar-refractivity contribution in [3.05, 3.63) is 29.6 Å². The molecule has 0 aromatic heterocycles. The zero-order valence-corrected chi connectivity index (χ0v) is 10.0. The quantitative estimate of drug-likeness (QED) is 0.618. The molecule has 0 unspecified atom stereocenters. The predicted molar refractivity (Wildman–Crippen MR) is 62.9 cm³/mol. The number of nitrogens with one attached hydrogen (secondary N) is 2. The van der Waals surface area contributed by atoms with Gasteiger partial charge in [0.2, 0.25) is 0 Å². The van der Waals surface area contributed by atoms with Gasteiger partial charge < -0.3 is 10.6 Å². The van der Waals surface area contributed by atoms with Crippen LogP contribution in [0.15, 0.2) is 12.1 Å². The summed E-state index contributed by atoms with van der Waals surface area (Å²) in [6.07, 6.45) is 2.80. The van der Waals surface area contributed by atoms with Crippen molar-refractivity contribution in [2.75, 3.05) is 11.9 Å². The first-order chi connectivity index (χ1) is 8.56. The average molecular weight is 260 g/mol. The van der Waals surface area contributed by atoms with Crippen LogP contribution in [0.25, 0.3) is 0 Å². The van der Waals surface area contributed by atoms with Crippen LogP contribution in [0.2, 0.25) is 0 Å². The van der Waals surface area contributed by atoms with Crippen LogP contribution in [0.4, 0.5) is 23.7 Å².